The number of nitrogens with zero attached hydrogens (tertiary/aromatic N) is 6. The van der Waals surface area contributed by atoms with Gasteiger partial charge in [-0.1, -0.05) is 11.8 Å². The number of carboxylic acids is 1. The van der Waals surface area contributed by atoms with Gasteiger partial charge in [0.25, 0.3) is 11.8 Å². The van der Waals surface area contributed by atoms with E-state index in [0.29, 0.717) is 6.42 Å². The molecule has 0 spiro atoms. The number of carbonyl (C=O) groups is 3. The summed E-state index contributed by atoms with van der Waals surface area (Å²) < 4.78 is 31.9. The Labute approximate surface area is 181 Å². The highest BCUT2D eigenvalue weighted by Crippen LogP contribution is 2.46. The second kappa shape index (κ2) is 7.56. The summed E-state index contributed by atoms with van der Waals surface area (Å²) in [6.07, 6.45) is -0.476. The number of aromatic nitrogens is 4. The molecule has 4 rings (SSSR count). The minimum absolute atomic E-state index is 0.119. The van der Waals surface area contributed by atoms with E-state index in [1.807, 2.05) is 0 Å². The number of ether oxygens (including phenoxy) is 1. The maximum Gasteiger partial charge on any atom is 0.326 e. The van der Waals surface area contributed by atoms with Crippen LogP contribution in [0.25, 0.3) is 0 Å². The Balaban J connectivity index is 1.82. The van der Waals surface area contributed by atoms with Crippen LogP contribution in [0.5, 0.6) is 0 Å². The molecule has 0 aromatic carbocycles. The minimum atomic E-state index is -4.03. The van der Waals surface area contributed by atoms with E-state index < -0.39 is 49.7 Å². The van der Waals surface area contributed by atoms with Gasteiger partial charge in [0.05, 0.1) is 0 Å². The molecule has 31 heavy (non-hydrogen) atoms. The molecular formula is C16H20N6O7S2. The van der Waals surface area contributed by atoms with E-state index in [2.05, 4.69) is 15.5 Å². The summed E-state index contributed by atoms with van der Waals surface area (Å²) >= 11 is 0.838. The first-order chi connectivity index (χ1) is 14.6. The van der Waals surface area contributed by atoms with Gasteiger partial charge >= 0.3 is 5.97 Å². The van der Waals surface area contributed by atoms with E-state index in [1.54, 1.807) is 7.05 Å². The Morgan fingerprint density at radius 1 is 1.32 bits per heavy atom. The van der Waals surface area contributed by atoms with Crippen LogP contribution in [0.1, 0.15) is 19.8 Å². The summed E-state index contributed by atoms with van der Waals surface area (Å²) in [6, 6.07) is -1.03. The fourth-order valence-corrected chi connectivity index (χ4v) is 7.95. The van der Waals surface area contributed by atoms with E-state index in [4.69, 9.17) is 4.74 Å². The van der Waals surface area contributed by atoms with Crippen molar-refractivity contribution in [2.45, 2.75) is 47.0 Å². The molecule has 4 heterocycles. The Bertz CT molecular complexity index is 1100. The van der Waals surface area contributed by atoms with Gasteiger partial charge < -0.3 is 14.7 Å². The number of hydrogen-bond donors (Lipinski definition) is 1. The number of aryl methyl sites for hydroxylation is 1. The molecule has 168 valence electrons. The van der Waals surface area contributed by atoms with Crippen LogP contribution >= 0.6 is 11.8 Å². The van der Waals surface area contributed by atoms with Gasteiger partial charge in [0, 0.05) is 20.7 Å². The van der Waals surface area contributed by atoms with Crippen molar-refractivity contribution in [2.75, 3.05) is 13.7 Å². The zero-order valence-corrected chi connectivity index (χ0v) is 18.5. The van der Waals surface area contributed by atoms with Gasteiger partial charge in [-0.05, 0) is 35.8 Å². The number of tetrazole rings is 1. The topological polar surface area (TPSA) is 165 Å². The van der Waals surface area contributed by atoms with Crippen molar-refractivity contribution in [1.82, 2.24) is 30.0 Å². The SMILES string of the molecule is CO[C@H]1C(=O)N2C(C(=O)N3CCCC3C(=O)O)=C(C)C(Sc3nnnn3C)S(=O)(=O)[C@H]12. The number of amides is 2. The normalized spacial score (nSPS) is 29.7. The van der Waals surface area contributed by atoms with Crippen LogP contribution in [0.15, 0.2) is 16.4 Å². The summed E-state index contributed by atoms with van der Waals surface area (Å²) in [5.74, 6) is -2.50. The first-order valence-electron chi connectivity index (χ1n) is 9.33. The highest BCUT2D eigenvalue weighted by atomic mass is 32.3. The van der Waals surface area contributed by atoms with E-state index in [1.165, 1.54) is 23.6 Å². The molecule has 0 bridgehead atoms. The van der Waals surface area contributed by atoms with Crippen molar-refractivity contribution in [1.29, 1.82) is 0 Å². The lowest BCUT2D eigenvalue weighted by Crippen LogP contribution is -2.72. The predicted molar refractivity (Wildman–Crippen MR) is 104 cm³/mol. The Hall–Kier alpha value is -2.52. The predicted octanol–water partition coefficient (Wildman–Crippen LogP) is -1.41. The summed E-state index contributed by atoms with van der Waals surface area (Å²) in [4.78, 5) is 39.7. The molecular weight excluding hydrogens is 452 g/mol. The highest BCUT2D eigenvalue weighted by molar-refractivity contribution is 8.14. The van der Waals surface area contributed by atoms with Crippen molar-refractivity contribution in [3.05, 3.63) is 11.3 Å². The van der Waals surface area contributed by atoms with E-state index in [9.17, 15) is 27.9 Å². The molecule has 2 saturated heterocycles. The third-order valence-electron chi connectivity index (χ3n) is 5.65. The van der Waals surface area contributed by atoms with Crippen molar-refractivity contribution >= 4 is 39.4 Å². The highest BCUT2D eigenvalue weighted by Gasteiger charge is 2.63. The van der Waals surface area contributed by atoms with Gasteiger partial charge in [-0.3, -0.25) is 14.5 Å². The Kier molecular flexibility index (Phi) is 5.29. The standard InChI is InChI=1S/C16H20N6O7S2/c1-7-9(11(23)21-6-4-5-8(21)14(25)26)22-12(24)10(29-3)13(22)31(27,28)15(7)30-16-17-18-19-20(16)2/h8,10,13,15H,4-6H2,1-3H3,(H,25,26)/t8?,10-,13+,15?/m0/s1. The molecule has 2 fully saturated rings. The average Bonchev–Trinajstić information content (AvgIpc) is 3.35. The molecule has 2 unspecified atom stereocenters. The van der Waals surface area contributed by atoms with E-state index in [-0.39, 0.29) is 29.4 Å². The maximum absolute atomic E-state index is 13.4. The number of sulfone groups is 1. The third-order valence-corrected chi connectivity index (χ3v) is 9.95. The van der Waals surface area contributed by atoms with Gasteiger partial charge in [-0.25, -0.2) is 17.9 Å². The fraction of sp³-hybridized carbons (Fsp3) is 0.625. The number of likely N-dealkylation sites (tertiary alicyclic amines) is 1. The van der Waals surface area contributed by atoms with Crippen molar-refractivity contribution in [3.63, 3.8) is 0 Å². The summed E-state index contributed by atoms with van der Waals surface area (Å²) in [7, 11) is -1.27. The summed E-state index contributed by atoms with van der Waals surface area (Å²) in [5, 5.41) is 19.3. The quantitative estimate of drug-likeness (QED) is 0.500. The molecule has 0 radical (unpaired) electrons. The van der Waals surface area contributed by atoms with Gasteiger partial charge in [0.15, 0.2) is 21.3 Å². The van der Waals surface area contributed by atoms with Crippen LogP contribution in [0.2, 0.25) is 0 Å². The van der Waals surface area contributed by atoms with Crippen LogP contribution < -0.4 is 0 Å². The molecule has 4 atom stereocenters. The molecule has 1 aromatic rings. The molecule has 1 aromatic heterocycles. The average molecular weight is 473 g/mol. The fourth-order valence-electron chi connectivity index (χ4n) is 4.13. The maximum atomic E-state index is 13.4. The van der Waals surface area contributed by atoms with Crippen molar-refractivity contribution < 1.29 is 32.6 Å². The van der Waals surface area contributed by atoms with Crippen LogP contribution in [-0.4, -0.2) is 97.1 Å². The third kappa shape index (κ3) is 3.13. The Morgan fingerprint density at radius 3 is 2.61 bits per heavy atom. The lowest BCUT2D eigenvalue weighted by molar-refractivity contribution is -0.162. The van der Waals surface area contributed by atoms with Gasteiger partial charge in [-0.2, -0.15) is 0 Å². The number of β-lactam (4-membered cyclic amide) rings is 1. The smallest absolute Gasteiger partial charge is 0.326 e. The molecule has 15 heteroatoms. The molecule has 1 N–H and O–H groups in total. The number of hydrogen-bond acceptors (Lipinski definition) is 10. The lowest BCUT2D eigenvalue weighted by Gasteiger charge is -2.50. The van der Waals surface area contributed by atoms with Crippen LogP contribution in [-0.2, 0) is 36.0 Å². The van der Waals surface area contributed by atoms with Gasteiger partial charge in [0.1, 0.15) is 16.3 Å². The number of fused-ring (bicyclic) bond motifs is 1. The molecule has 13 nitrogen and oxygen atoms in total. The van der Waals surface area contributed by atoms with E-state index in [0.717, 1.165) is 16.7 Å². The van der Waals surface area contributed by atoms with Crippen molar-refractivity contribution in [3.8, 4) is 0 Å². The van der Waals surface area contributed by atoms with E-state index >= 15 is 0 Å². The molecule has 0 aliphatic carbocycles. The number of aliphatic carboxylic acids is 1. The number of carboxylic acid groups (broad SMARTS) is 1. The van der Waals surface area contributed by atoms with Gasteiger partial charge in [-0.15, -0.1) is 5.10 Å². The van der Waals surface area contributed by atoms with Gasteiger partial charge in [0.2, 0.25) is 5.16 Å². The van der Waals surface area contributed by atoms with Crippen LogP contribution in [0.4, 0.5) is 0 Å². The number of rotatable bonds is 5. The summed E-state index contributed by atoms with van der Waals surface area (Å²) in [6.45, 7) is 1.65. The number of thioether (sulfide) groups is 1. The largest absolute Gasteiger partial charge is 0.480 e. The van der Waals surface area contributed by atoms with Crippen molar-refractivity contribution in [2.24, 2.45) is 7.05 Å². The molecule has 2 amide bonds. The zero-order valence-electron chi connectivity index (χ0n) is 16.8. The monoisotopic (exact) mass is 472 g/mol. The molecule has 3 aliphatic heterocycles. The first kappa shape index (κ1) is 21.7. The first-order valence-corrected chi connectivity index (χ1v) is 11.8. The molecule has 3 aliphatic rings. The number of carbonyl (C=O) groups excluding carboxylic acids is 2. The van der Waals surface area contributed by atoms with Crippen LogP contribution in [0, 0.1) is 0 Å². The van der Waals surface area contributed by atoms with Crippen LogP contribution in [0.3, 0.4) is 0 Å². The second-order valence-electron chi connectivity index (χ2n) is 7.41. The molecule has 0 saturated carbocycles. The minimum Gasteiger partial charge on any atom is -0.480 e. The summed E-state index contributed by atoms with van der Waals surface area (Å²) in [5.41, 5.74) is -0.00732. The lowest BCUT2D eigenvalue weighted by atomic mass is 10.0. The second-order valence-corrected chi connectivity index (χ2v) is 10.9. The number of methoxy groups -OCH3 is 1. The zero-order chi connectivity index (χ0) is 22.7. The Morgan fingerprint density at radius 2 is 2.03 bits per heavy atom.